The predicted octanol–water partition coefficient (Wildman–Crippen LogP) is 6.10. The van der Waals surface area contributed by atoms with Gasteiger partial charge in [-0.05, 0) is 60.4 Å². The van der Waals surface area contributed by atoms with Crippen LogP contribution in [0.5, 0.6) is 0 Å². The first-order chi connectivity index (χ1) is 15.2. The van der Waals surface area contributed by atoms with Gasteiger partial charge in [-0.2, -0.15) is 0 Å². The molecular weight excluding hydrogens is 424 g/mol. The monoisotopic (exact) mass is 456 g/mol. The third-order valence-electron chi connectivity index (χ3n) is 5.68. The molecule has 2 aromatic rings. The highest BCUT2D eigenvalue weighted by atomic mass is 35.5. The molecule has 2 aromatic carbocycles. The molecule has 6 heteroatoms. The SMILES string of the molecule is CC(C)(C)COC(=O)N1CCC(CC(NC(=O)c2ccc(Cl)cc2)c2ccccc2)CC1. The zero-order valence-corrected chi connectivity index (χ0v) is 19.9. The van der Waals surface area contributed by atoms with Crippen molar-refractivity contribution >= 4 is 23.6 Å². The van der Waals surface area contributed by atoms with Gasteiger partial charge in [-0.1, -0.05) is 62.7 Å². The first-order valence-electron chi connectivity index (χ1n) is 11.2. The average molecular weight is 457 g/mol. The Bertz CT molecular complexity index is 886. The van der Waals surface area contributed by atoms with E-state index in [-0.39, 0.29) is 23.5 Å². The van der Waals surface area contributed by atoms with Gasteiger partial charge < -0.3 is 15.0 Å². The zero-order valence-electron chi connectivity index (χ0n) is 19.1. The quantitative estimate of drug-likeness (QED) is 0.571. The van der Waals surface area contributed by atoms with Gasteiger partial charge in [-0.15, -0.1) is 0 Å². The second kappa shape index (κ2) is 10.9. The molecule has 0 bridgehead atoms. The van der Waals surface area contributed by atoms with E-state index >= 15 is 0 Å². The number of hydrogen-bond donors (Lipinski definition) is 1. The molecule has 172 valence electrons. The number of hydrogen-bond acceptors (Lipinski definition) is 3. The molecule has 1 saturated heterocycles. The van der Waals surface area contributed by atoms with Gasteiger partial charge in [-0.25, -0.2) is 4.79 Å². The van der Waals surface area contributed by atoms with E-state index in [1.54, 1.807) is 29.2 Å². The number of nitrogens with one attached hydrogen (secondary N) is 1. The molecule has 0 saturated carbocycles. The largest absolute Gasteiger partial charge is 0.449 e. The van der Waals surface area contributed by atoms with E-state index in [9.17, 15) is 9.59 Å². The summed E-state index contributed by atoms with van der Waals surface area (Å²) in [5, 5.41) is 3.81. The minimum Gasteiger partial charge on any atom is -0.449 e. The summed E-state index contributed by atoms with van der Waals surface area (Å²) >= 11 is 5.95. The van der Waals surface area contributed by atoms with Crippen LogP contribution < -0.4 is 5.32 Å². The van der Waals surface area contributed by atoms with E-state index in [1.165, 1.54) is 0 Å². The van der Waals surface area contributed by atoms with Crippen molar-refractivity contribution in [2.45, 2.75) is 46.1 Å². The number of nitrogens with zero attached hydrogens (tertiary/aromatic N) is 1. The maximum absolute atomic E-state index is 12.9. The molecule has 1 heterocycles. The number of amides is 2. The summed E-state index contributed by atoms with van der Waals surface area (Å²) in [6, 6.07) is 16.9. The smallest absolute Gasteiger partial charge is 0.409 e. The molecule has 1 atom stereocenters. The summed E-state index contributed by atoms with van der Waals surface area (Å²) in [4.78, 5) is 27.0. The minimum absolute atomic E-state index is 0.0425. The van der Waals surface area contributed by atoms with Crippen molar-refractivity contribution < 1.29 is 14.3 Å². The molecule has 1 aliphatic heterocycles. The summed E-state index contributed by atoms with van der Waals surface area (Å²) in [5.74, 6) is 0.302. The Morgan fingerprint density at radius 3 is 2.28 bits per heavy atom. The van der Waals surface area contributed by atoms with Crippen LogP contribution in [0.4, 0.5) is 4.79 Å². The van der Waals surface area contributed by atoms with Crippen molar-refractivity contribution in [2.24, 2.45) is 11.3 Å². The zero-order chi connectivity index (χ0) is 23.1. The lowest BCUT2D eigenvalue weighted by Gasteiger charge is -2.34. The van der Waals surface area contributed by atoms with E-state index in [0.29, 0.717) is 36.2 Å². The molecule has 1 N–H and O–H groups in total. The number of halogens is 1. The number of likely N-dealkylation sites (tertiary alicyclic amines) is 1. The van der Waals surface area contributed by atoms with E-state index in [0.717, 1.165) is 24.8 Å². The van der Waals surface area contributed by atoms with Crippen molar-refractivity contribution in [2.75, 3.05) is 19.7 Å². The highest BCUT2D eigenvalue weighted by molar-refractivity contribution is 6.30. The van der Waals surface area contributed by atoms with Crippen molar-refractivity contribution in [3.63, 3.8) is 0 Å². The Balaban J connectivity index is 1.59. The minimum atomic E-state index is -0.228. The summed E-state index contributed by atoms with van der Waals surface area (Å²) < 4.78 is 5.46. The average Bonchev–Trinajstić information content (AvgIpc) is 2.78. The van der Waals surface area contributed by atoms with Crippen LogP contribution in [0, 0.1) is 11.3 Å². The highest BCUT2D eigenvalue weighted by Gasteiger charge is 2.28. The van der Waals surface area contributed by atoms with Gasteiger partial charge in [-0.3, -0.25) is 4.79 Å². The Morgan fingerprint density at radius 1 is 1.06 bits per heavy atom. The number of piperidine rings is 1. The number of carbonyl (C=O) groups excluding carboxylic acids is 2. The van der Waals surface area contributed by atoms with Crippen LogP contribution in [-0.4, -0.2) is 36.6 Å². The first kappa shape index (κ1) is 24.1. The number of carbonyl (C=O) groups is 2. The standard InChI is InChI=1S/C26H33ClN2O3/c1-26(2,3)18-32-25(31)29-15-13-19(14-16-29)17-23(20-7-5-4-6-8-20)28-24(30)21-9-11-22(27)12-10-21/h4-12,19,23H,13-18H2,1-3H3,(H,28,30). The second-order valence-corrected chi connectivity index (χ2v) is 10.2. The van der Waals surface area contributed by atoms with Crippen molar-refractivity contribution in [1.82, 2.24) is 10.2 Å². The molecule has 1 fully saturated rings. The van der Waals surface area contributed by atoms with Gasteiger partial charge in [0.05, 0.1) is 12.6 Å². The fourth-order valence-electron chi connectivity index (χ4n) is 3.86. The van der Waals surface area contributed by atoms with Gasteiger partial charge in [0.2, 0.25) is 0 Å². The number of ether oxygens (including phenoxy) is 1. The molecular formula is C26H33ClN2O3. The summed E-state index contributed by atoms with van der Waals surface area (Å²) in [6.45, 7) is 7.93. The van der Waals surface area contributed by atoms with E-state index in [2.05, 4.69) is 26.1 Å². The third kappa shape index (κ3) is 7.27. The Hall–Kier alpha value is -2.53. The molecule has 2 amide bonds. The van der Waals surface area contributed by atoms with Crippen LogP contribution in [0.3, 0.4) is 0 Å². The van der Waals surface area contributed by atoms with Crippen LogP contribution in [0.1, 0.15) is 62.0 Å². The van der Waals surface area contributed by atoms with E-state index < -0.39 is 0 Å². The maximum Gasteiger partial charge on any atom is 0.409 e. The van der Waals surface area contributed by atoms with Crippen LogP contribution in [0.2, 0.25) is 5.02 Å². The Morgan fingerprint density at radius 2 is 1.69 bits per heavy atom. The summed E-state index contributed by atoms with van der Waals surface area (Å²) in [5.41, 5.74) is 1.63. The highest BCUT2D eigenvalue weighted by Crippen LogP contribution is 2.29. The number of rotatable bonds is 6. The van der Waals surface area contributed by atoms with Crippen molar-refractivity contribution in [3.8, 4) is 0 Å². The van der Waals surface area contributed by atoms with Gasteiger partial charge in [0.25, 0.3) is 5.91 Å². The summed E-state index contributed by atoms with van der Waals surface area (Å²) in [6.07, 6.45) is 2.39. The van der Waals surface area contributed by atoms with Gasteiger partial charge in [0.15, 0.2) is 0 Å². The molecule has 3 rings (SSSR count). The van der Waals surface area contributed by atoms with E-state index in [1.807, 2.05) is 30.3 Å². The lowest BCUT2D eigenvalue weighted by Crippen LogP contribution is -2.40. The molecule has 0 radical (unpaired) electrons. The Kier molecular flexibility index (Phi) is 8.19. The maximum atomic E-state index is 12.9. The first-order valence-corrected chi connectivity index (χ1v) is 11.6. The fourth-order valence-corrected chi connectivity index (χ4v) is 3.99. The fraction of sp³-hybridized carbons (Fsp3) is 0.462. The van der Waals surface area contributed by atoms with Crippen LogP contribution in [0.25, 0.3) is 0 Å². The molecule has 1 unspecified atom stereocenters. The van der Waals surface area contributed by atoms with Crippen LogP contribution >= 0.6 is 11.6 Å². The molecule has 5 nitrogen and oxygen atoms in total. The van der Waals surface area contributed by atoms with Gasteiger partial charge in [0, 0.05) is 23.7 Å². The molecule has 0 spiro atoms. The molecule has 0 aromatic heterocycles. The Labute approximate surface area is 196 Å². The normalized spacial score (nSPS) is 15.8. The predicted molar refractivity (Wildman–Crippen MR) is 128 cm³/mol. The second-order valence-electron chi connectivity index (χ2n) is 9.72. The topological polar surface area (TPSA) is 58.6 Å². The molecule has 32 heavy (non-hydrogen) atoms. The lowest BCUT2D eigenvalue weighted by molar-refractivity contribution is 0.0607. The van der Waals surface area contributed by atoms with E-state index in [4.69, 9.17) is 16.3 Å². The van der Waals surface area contributed by atoms with Crippen LogP contribution in [-0.2, 0) is 4.74 Å². The molecule has 1 aliphatic rings. The van der Waals surface area contributed by atoms with Crippen LogP contribution in [0.15, 0.2) is 54.6 Å². The van der Waals surface area contributed by atoms with Crippen molar-refractivity contribution in [1.29, 1.82) is 0 Å². The lowest BCUT2D eigenvalue weighted by atomic mass is 9.87. The summed E-state index contributed by atoms with van der Waals surface area (Å²) in [7, 11) is 0. The van der Waals surface area contributed by atoms with Gasteiger partial charge in [0.1, 0.15) is 0 Å². The van der Waals surface area contributed by atoms with Gasteiger partial charge >= 0.3 is 6.09 Å². The molecule has 0 aliphatic carbocycles. The third-order valence-corrected chi connectivity index (χ3v) is 5.94. The number of benzene rings is 2. The van der Waals surface area contributed by atoms with Crippen molar-refractivity contribution in [3.05, 3.63) is 70.7 Å².